The van der Waals surface area contributed by atoms with Gasteiger partial charge in [0.15, 0.2) is 0 Å². The van der Waals surface area contributed by atoms with Gasteiger partial charge in [-0.05, 0) is 25.2 Å². The Morgan fingerprint density at radius 1 is 1.21 bits per heavy atom. The van der Waals surface area contributed by atoms with Crippen LogP contribution in [0.15, 0.2) is 0 Å². The maximum atomic E-state index is 12.9. The molecule has 0 aromatic heterocycles. The molecule has 3 aliphatic heterocycles. The number of amides is 1. The van der Waals surface area contributed by atoms with Crippen molar-refractivity contribution in [1.29, 1.82) is 0 Å². The fourth-order valence-corrected chi connectivity index (χ4v) is 5.77. The molecule has 1 saturated carbocycles. The number of hydrogen-bond donors (Lipinski definition) is 0. The molecule has 4 fully saturated rings. The predicted molar refractivity (Wildman–Crippen MR) is 87.3 cm³/mol. The Hall–Kier alpha value is -0.400. The van der Waals surface area contributed by atoms with Gasteiger partial charge in [-0.3, -0.25) is 4.79 Å². The number of carbonyl (C=O) groups is 1. The molecule has 7 heteroatoms. The van der Waals surface area contributed by atoms with E-state index in [0.717, 1.165) is 44.8 Å². The lowest BCUT2D eigenvalue weighted by Gasteiger charge is -2.50. The van der Waals surface area contributed by atoms with Gasteiger partial charge in [-0.25, -0.2) is 8.78 Å². The Balaban J connectivity index is 1.18. The first-order valence-corrected chi connectivity index (χ1v) is 9.93. The first kappa shape index (κ1) is 17.0. The number of nitrogens with zero attached hydrogens (tertiary/aromatic N) is 1. The molecule has 1 spiro atoms. The average molecular weight is 361 g/mol. The number of carbonyl (C=O) groups excluding carboxylic acids is 1. The number of thioether (sulfide) groups is 1. The molecule has 0 bridgehead atoms. The molecular weight excluding hydrogens is 336 g/mol. The minimum Gasteiger partial charge on any atom is -0.381 e. The van der Waals surface area contributed by atoms with Crippen LogP contribution in [0.4, 0.5) is 8.78 Å². The second-order valence-electron chi connectivity index (χ2n) is 7.86. The molecule has 4 aliphatic rings. The van der Waals surface area contributed by atoms with Gasteiger partial charge < -0.3 is 14.4 Å². The van der Waals surface area contributed by atoms with E-state index in [1.807, 2.05) is 11.8 Å². The Morgan fingerprint density at radius 2 is 1.92 bits per heavy atom. The Labute approximate surface area is 145 Å². The number of rotatable bonds is 4. The molecule has 4 nitrogen and oxygen atoms in total. The Bertz CT molecular complexity index is 484. The van der Waals surface area contributed by atoms with Crippen LogP contribution in [-0.2, 0) is 14.3 Å². The zero-order chi connectivity index (χ0) is 16.8. The number of alkyl halides is 2. The van der Waals surface area contributed by atoms with E-state index in [1.54, 1.807) is 4.90 Å². The van der Waals surface area contributed by atoms with E-state index in [0.29, 0.717) is 19.0 Å². The van der Waals surface area contributed by atoms with Crippen molar-refractivity contribution in [2.75, 3.05) is 38.7 Å². The van der Waals surface area contributed by atoms with Gasteiger partial charge in [-0.15, -0.1) is 11.8 Å². The molecule has 24 heavy (non-hydrogen) atoms. The predicted octanol–water partition coefficient (Wildman–Crippen LogP) is 2.56. The highest BCUT2D eigenvalue weighted by atomic mass is 32.2. The minimum absolute atomic E-state index is 0.0706. The topological polar surface area (TPSA) is 38.8 Å². The van der Waals surface area contributed by atoms with Crippen molar-refractivity contribution in [1.82, 2.24) is 4.90 Å². The summed E-state index contributed by atoms with van der Waals surface area (Å²) < 4.78 is 37.4. The number of likely N-dealkylation sites (tertiary alicyclic amines) is 1. The zero-order valence-electron chi connectivity index (χ0n) is 13.8. The maximum Gasteiger partial charge on any atom is 0.249 e. The molecule has 0 N–H and O–H groups in total. The van der Waals surface area contributed by atoms with Crippen molar-refractivity contribution in [3.63, 3.8) is 0 Å². The maximum absolute atomic E-state index is 12.9. The number of hydrogen-bond acceptors (Lipinski definition) is 4. The third kappa shape index (κ3) is 3.44. The molecule has 3 saturated heterocycles. The normalized spacial score (nSPS) is 32.6. The molecule has 1 aliphatic carbocycles. The van der Waals surface area contributed by atoms with Gasteiger partial charge >= 0.3 is 0 Å². The number of halogens is 2. The quantitative estimate of drug-likeness (QED) is 0.771. The van der Waals surface area contributed by atoms with Crippen molar-refractivity contribution in [3.05, 3.63) is 0 Å². The van der Waals surface area contributed by atoms with E-state index in [4.69, 9.17) is 9.47 Å². The fourth-order valence-electron chi connectivity index (χ4n) is 4.21. The monoisotopic (exact) mass is 361 g/mol. The van der Waals surface area contributed by atoms with Crippen molar-refractivity contribution in [2.24, 2.45) is 11.8 Å². The van der Waals surface area contributed by atoms with Crippen LogP contribution < -0.4 is 0 Å². The van der Waals surface area contributed by atoms with Gasteiger partial charge in [-0.1, -0.05) is 0 Å². The van der Waals surface area contributed by atoms with Crippen LogP contribution in [0.25, 0.3) is 0 Å². The lowest BCUT2D eigenvalue weighted by molar-refractivity contribution is -0.164. The molecule has 0 radical (unpaired) electrons. The van der Waals surface area contributed by atoms with E-state index in [2.05, 4.69) is 0 Å². The SMILES string of the molecule is O=C(C1CC(F)(F)C1)N1CC2(C[C@H](OCC3CCOCC3)CS2)C1. The summed E-state index contributed by atoms with van der Waals surface area (Å²) in [6.07, 6.45) is 2.88. The molecule has 1 atom stereocenters. The van der Waals surface area contributed by atoms with E-state index in [9.17, 15) is 13.6 Å². The van der Waals surface area contributed by atoms with E-state index in [1.165, 1.54) is 0 Å². The third-order valence-corrected chi connectivity index (χ3v) is 7.37. The van der Waals surface area contributed by atoms with Gasteiger partial charge in [0.05, 0.1) is 10.9 Å². The van der Waals surface area contributed by atoms with Crippen molar-refractivity contribution in [2.45, 2.75) is 48.9 Å². The second-order valence-corrected chi connectivity index (χ2v) is 9.35. The molecule has 4 rings (SSSR count). The van der Waals surface area contributed by atoms with Crippen LogP contribution in [0, 0.1) is 11.8 Å². The van der Waals surface area contributed by atoms with Crippen molar-refractivity contribution in [3.8, 4) is 0 Å². The molecular formula is C17H25F2NO3S. The van der Waals surface area contributed by atoms with Gasteiger partial charge in [0.25, 0.3) is 0 Å². The van der Waals surface area contributed by atoms with Gasteiger partial charge in [0.1, 0.15) is 0 Å². The summed E-state index contributed by atoms with van der Waals surface area (Å²) in [5, 5.41) is 0. The number of ether oxygens (including phenoxy) is 2. The smallest absolute Gasteiger partial charge is 0.249 e. The van der Waals surface area contributed by atoms with Crippen LogP contribution >= 0.6 is 11.8 Å². The van der Waals surface area contributed by atoms with Crippen LogP contribution in [0.3, 0.4) is 0 Å². The minimum atomic E-state index is -2.62. The molecule has 0 aromatic rings. The van der Waals surface area contributed by atoms with Crippen LogP contribution in [-0.4, -0.2) is 66.2 Å². The summed E-state index contributed by atoms with van der Waals surface area (Å²) in [7, 11) is 0. The van der Waals surface area contributed by atoms with Crippen molar-refractivity contribution < 1.29 is 23.0 Å². The van der Waals surface area contributed by atoms with E-state index in [-0.39, 0.29) is 29.6 Å². The molecule has 0 aromatic carbocycles. The average Bonchev–Trinajstić information content (AvgIpc) is 2.94. The second kappa shape index (κ2) is 6.40. The van der Waals surface area contributed by atoms with Crippen LogP contribution in [0.2, 0.25) is 0 Å². The van der Waals surface area contributed by atoms with E-state index < -0.39 is 11.8 Å². The lowest BCUT2D eigenvalue weighted by atomic mass is 9.79. The summed E-state index contributed by atoms with van der Waals surface area (Å²) in [5.74, 6) is -1.55. The standard InChI is InChI=1S/C17H25F2NO3S/c18-17(19)5-13(6-17)15(21)20-10-16(11-20)7-14(9-24-16)23-8-12-1-3-22-4-2-12/h12-14H,1-11H2/t14-/m0/s1. The largest absolute Gasteiger partial charge is 0.381 e. The lowest BCUT2D eigenvalue weighted by Crippen LogP contribution is -2.63. The van der Waals surface area contributed by atoms with E-state index >= 15 is 0 Å². The third-order valence-electron chi connectivity index (χ3n) is 5.79. The van der Waals surface area contributed by atoms with Gasteiger partial charge in [0, 0.05) is 57.4 Å². The highest BCUT2D eigenvalue weighted by Crippen LogP contribution is 2.49. The summed E-state index contributed by atoms with van der Waals surface area (Å²) in [5.41, 5.74) is 0. The first-order valence-electron chi connectivity index (χ1n) is 8.95. The van der Waals surface area contributed by atoms with Crippen LogP contribution in [0.1, 0.15) is 32.1 Å². The highest BCUT2D eigenvalue weighted by Gasteiger charge is 2.55. The highest BCUT2D eigenvalue weighted by molar-refractivity contribution is 8.01. The van der Waals surface area contributed by atoms with Crippen molar-refractivity contribution >= 4 is 17.7 Å². The summed E-state index contributed by atoms with van der Waals surface area (Å²) in [6.45, 7) is 3.90. The Kier molecular flexibility index (Phi) is 4.54. The first-order chi connectivity index (χ1) is 11.4. The molecule has 1 amide bonds. The Morgan fingerprint density at radius 3 is 2.58 bits per heavy atom. The molecule has 0 unspecified atom stereocenters. The van der Waals surface area contributed by atoms with Crippen LogP contribution in [0.5, 0.6) is 0 Å². The summed E-state index contributed by atoms with van der Waals surface area (Å²) in [6, 6.07) is 0. The van der Waals surface area contributed by atoms with Gasteiger partial charge in [-0.2, -0.15) is 0 Å². The summed E-state index contributed by atoms with van der Waals surface area (Å²) >= 11 is 1.89. The molecule has 3 heterocycles. The van der Waals surface area contributed by atoms with Gasteiger partial charge in [0.2, 0.25) is 11.8 Å². The fraction of sp³-hybridized carbons (Fsp3) is 0.941. The summed E-state index contributed by atoms with van der Waals surface area (Å²) in [4.78, 5) is 14.0. The molecule has 136 valence electrons. The zero-order valence-corrected chi connectivity index (χ0v) is 14.7.